The highest BCUT2D eigenvalue weighted by Gasteiger charge is 2.33. The number of hydrogen-bond acceptors (Lipinski definition) is 6. The van der Waals surface area contributed by atoms with E-state index in [4.69, 9.17) is 27.9 Å². The first kappa shape index (κ1) is 20.1. The zero-order valence-electron chi connectivity index (χ0n) is 15.3. The molecule has 0 amide bonds. The second-order valence-electron chi connectivity index (χ2n) is 6.25. The van der Waals surface area contributed by atoms with Crippen LogP contribution in [-0.2, 0) is 9.53 Å². The molecule has 0 saturated heterocycles. The van der Waals surface area contributed by atoms with Crippen LogP contribution < -0.4 is 14.9 Å². The van der Waals surface area contributed by atoms with Crippen molar-refractivity contribution in [3.05, 3.63) is 87.2 Å². The third kappa shape index (κ3) is 3.59. The minimum absolute atomic E-state index is 0.243. The molecule has 0 radical (unpaired) electrons. The molecule has 1 aromatic carbocycles. The van der Waals surface area contributed by atoms with Gasteiger partial charge in [0.15, 0.2) is 4.80 Å². The lowest BCUT2D eigenvalue weighted by Gasteiger charge is -2.22. The average molecular weight is 465 g/mol. The smallest absolute Gasteiger partial charge is 0.338 e. The van der Waals surface area contributed by atoms with Crippen LogP contribution in [-0.4, -0.2) is 17.6 Å². The van der Waals surface area contributed by atoms with Gasteiger partial charge in [0, 0.05) is 14.9 Å². The maximum Gasteiger partial charge on any atom is 0.338 e. The van der Waals surface area contributed by atoms with Crippen LogP contribution in [0.1, 0.15) is 23.4 Å². The van der Waals surface area contributed by atoms with Gasteiger partial charge in [-0.2, -0.15) is 0 Å². The Balaban J connectivity index is 1.97. The summed E-state index contributed by atoms with van der Waals surface area (Å²) in [7, 11) is 1.32. The van der Waals surface area contributed by atoms with E-state index in [-0.39, 0.29) is 5.56 Å². The molecule has 3 heterocycles. The number of aromatic nitrogens is 1. The lowest BCUT2D eigenvalue weighted by molar-refractivity contribution is -0.136. The molecule has 4 rings (SSSR count). The Morgan fingerprint density at radius 2 is 2.10 bits per heavy atom. The van der Waals surface area contributed by atoms with E-state index in [1.807, 2.05) is 17.5 Å². The van der Waals surface area contributed by atoms with Crippen LogP contribution in [0.25, 0.3) is 6.08 Å². The van der Waals surface area contributed by atoms with Gasteiger partial charge < -0.3 is 4.74 Å². The summed E-state index contributed by atoms with van der Waals surface area (Å²) < 4.78 is 6.98. The average Bonchev–Trinajstić information content (AvgIpc) is 3.31. The number of carbonyl (C=O) groups is 1. The van der Waals surface area contributed by atoms with Gasteiger partial charge in [0.2, 0.25) is 0 Å². The second kappa shape index (κ2) is 7.91. The van der Waals surface area contributed by atoms with Gasteiger partial charge in [0.05, 0.1) is 22.9 Å². The van der Waals surface area contributed by atoms with Gasteiger partial charge >= 0.3 is 5.97 Å². The molecule has 0 fully saturated rings. The molecule has 0 unspecified atom stereocenters. The first-order valence-corrected chi connectivity index (χ1v) is 10.9. The summed E-state index contributed by atoms with van der Waals surface area (Å²) in [5.41, 5.74) is 1.33. The lowest BCUT2D eigenvalue weighted by atomic mass is 10.0. The fourth-order valence-electron chi connectivity index (χ4n) is 3.17. The van der Waals surface area contributed by atoms with E-state index in [1.54, 1.807) is 35.8 Å². The molecule has 29 heavy (non-hydrogen) atoms. The summed E-state index contributed by atoms with van der Waals surface area (Å²) in [6.45, 7) is 1.75. The van der Waals surface area contributed by atoms with Gasteiger partial charge in [-0.3, -0.25) is 9.36 Å². The van der Waals surface area contributed by atoms with Crippen molar-refractivity contribution < 1.29 is 9.53 Å². The third-order valence-electron chi connectivity index (χ3n) is 4.49. The number of esters is 1. The fourth-order valence-corrected chi connectivity index (χ4v) is 5.49. The van der Waals surface area contributed by atoms with E-state index in [0.717, 1.165) is 4.88 Å². The van der Waals surface area contributed by atoms with Gasteiger partial charge in [-0.05, 0) is 42.1 Å². The molecule has 5 nitrogen and oxygen atoms in total. The summed E-state index contributed by atoms with van der Waals surface area (Å²) in [5, 5.41) is 2.87. The molecular formula is C20H14Cl2N2O3S2. The van der Waals surface area contributed by atoms with Gasteiger partial charge in [0.1, 0.15) is 6.04 Å². The van der Waals surface area contributed by atoms with Crippen LogP contribution >= 0.6 is 45.9 Å². The standard InChI is InChI=1S/C20H14Cl2N2O3S2/c1-10-16(19(26)27-2)17(14-4-3-7-28-14)24-18(25)15(29-20(24)23-10)8-11-5-6-12(21)9-13(11)22/h3-9,17H,1-2H3/b15-8-/t17-/m0/s1. The number of nitrogens with zero attached hydrogens (tertiary/aromatic N) is 2. The molecule has 1 aliphatic rings. The van der Waals surface area contributed by atoms with Crippen molar-refractivity contribution >= 4 is 57.9 Å². The van der Waals surface area contributed by atoms with Crippen LogP contribution in [0.15, 0.2) is 56.8 Å². The maximum absolute atomic E-state index is 13.3. The van der Waals surface area contributed by atoms with Crippen molar-refractivity contribution in [2.75, 3.05) is 7.11 Å². The number of fused-ring (bicyclic) bond motifs is 1. The van der Waals surface area contributed by atoms with Crippen LogP contribution in [0.5, 0.6) is 0 Å². The number of benzene rings is 1. The Kier molecular flexibility index (Phi) is 5.48. The highest BCUT2D eigenvalue weighted by molar-refractivity contribution is 7.10. The van der Waals surface area contributed by atoms with E-state index in [2.05, 4.69) is 4.99 Å². The minimum atomic E-state index is -0.582. The van der Waals surface area contributed by atoms with Gasteiger partial charge in [-0.1, -0.05) is 46.7 Å². The summed E-state index contributed by atoms with van der Waals surface area (Å²) in [6, 6.07) is 8.29. The van der Waals surface area contributed by atoms with Crippen molar-refractivity contribution in [2.24, 2.45) is 4.99 Å². The molecule has 148 valence electrons. The van der Waals surface area contributed by atoms with Crippen molar-refractivity contribution in [3.8, 4) is 0 Å². The number of carbonyl (C=O) groups excluding carboxylic acids is 1. The Morgan fingerprint density at radius 3 is 2.76 bits per heavy atom. The first-order valence-electron chi connectivity index (χ1n) is 8.50. The van der Waals surface area contributed by atoms with Gasteiger partial charge in [0.25, 0.3) is 5.56 Å². The largest absolute Gasteiger partial charge is 0.466 e. The molecule has 1 aliphatic heterocycles. The van der Waals surface area contributed by atoms with Crippen LogP contribution in [0.2, 0.25) is 10.0 Å². The monoisotopic (exact) mass is 464 g/mol. The predicted octanol–water partition coefficient (Wildman–Crippen LogP) is 3.78. The lowest BCUT2D eigenvalue weighted by Crippen LogP contribution is -2.39. The van der Waals surface area contributed by atoms with Gasteiger partial charge in [-0.25, -0.2) is 9.79 Å². The normalized spacial score (nSPS) is 16.6. The van der Waals surface area contributed by atoms with E-state index < -0.39 is 12.0 Å². The maximum atomic E-state index is 13.3. The second-order valence-corrected chi connectivity index (χ2v) is 9.09. The minimum Gasteiger partial charge on any atom is -0.466 e. The van der Waals surface area contributed by atoms with E-state index in [1.165, 1.54) is 29.8 Å². The number of ether oxygens (including phenoxy) is 1. The highest BCUT2D eigenvalue weighted by Crippen LogP contribution is 2.33. The highest BCUT2D eigenvalue weighted by atomic mass is 35.5. The zero-order chi connectivity index (χ0) is 20.7. The molecule has 0 spiro atoms. The summed E-state index contributed by atoms with van der Waals surface area (Å²) in [6.07, 6.45) is 1.71. The van der Waals surface area contributed by atoms with E-state index in [0.29, 0.717) is 36.2 Å². The van der Waals surface area contributed by atoms with E-state index >= 15 is 0 Å². The topological polar surface area (TPSA) is 60.7 Å². The molecule has 0 aliphatic carbocycles. The van der Waals surface area contributed by atoms with E-state index in [9.17, 15) is 9.59 Å². The number of halogens is 2. The Morgan fingerprint density at radius 1 is 1.31 bits per heavy atom. The number of methoxy groups -OCH3 is 1. The molecular weight excluding hydrogens is 451 g/mol. The summed E-state index contributed by atoms with van der Waals surface area (Å²) in [5.74, 6) is -0.500. The molecule has 2 aromatic heterocycles. The summed E-state index contributed by atoms with van der Waals surface area (Å²) >= 11 is 14.9. The number of rotatable bonds is 3. The van der Waals surface area contributed by atoms with Crippen molar-refractivity contribution in [2.45, 2.75) is 13.0 Å². The Labute approximate surface area is 183 Å². The molecule has 9 heteroatoms. The van der Waals surface area contributed by atoms with Crippen molar-refractivity contribution in [1.82, 2.24) is 4.57 Å². The van der Waals surface area contributed by atoms with Gasteiger partial charge in [-0.15, -0.1) is 11.3 Å². The Bertz CT molecular complexity index is 1320. The number of allylic oxidation sites excluding steroid dienone is 1. The quantitative estimate of drug-likeness (QED) is 0.554. The van der Waals surface area contributed by atoms with Crippen LogP contribution in [0, 0.1) is 0 Å². The molecule has 0 bridgehead atoms. The molecule has 1 atom stereocenters. The molecule has 0 N–H and O–H groups in total. The number of hydrogen-bond donors (Lipinski definition) is 0. The third-order valence-corrected chi connectivity index (χ3v) is 6.96. The zero-order valence-corrected chi connectivity index (χ0v) is 18.5. The van der Waals surface area contributed by atoms with Crippen LogP contribution in [0.3, 0.4) is 0 Å². The fraction of sp³-hybridized carbons (Fsp3) is 0.150. The SMILES string of the molecule is COC(=O)C1=C(C)N=c2s/c(=C\c3ccc(Cl)cc3Cl)c(=O)n2[C@H]1c1cccs1. The Hall–Kier alpha value is -2.19. The van der Waals surface area contributed by atoms with Crippen molar-refractivity contribution in [1.29, 1.82) is 0 Å². The number of thiophene rings is 1. The van der Waals surface area contributed by atoms with Crippen LogP contribution in [0.4, 0.5) is 0 Å². The van der Waals surface area contributed by atoms with Crippen molar-refractivity contribution in [3.63, 3.8) is 0 Å². The first-order chi connectivity index (χ1) is 13.9. The number of thiazole rings is 1. The molecule has 3 aromatic rings. The molecule has 0 saturated carbocycles. The predicted molar refractivity (Wildman–Crippen MR) is 117 cm³/mol. The summed E-state index contributed by atoms with van der Waals surface area (Å²) in [4.78, 5) is 31.7.